The number of piperidine rings is 2. The lowest BCUT2D eigenvalue weighted by atomic mass is 10.0. The highest BCUT2D eigenvalue weighted by Crippen LogP contribution is 2.43. The van der Waals surface area contributed by atoms with Gasteiger partial charge in [0.25, 0.3) is 11.8 Å². The van der Waals surface area contributed by atoms with Gasteiger partial charge in [0.15, 0.2) is 0 Å². The molecule has 3 heterocycles. The fourth-order valence-corrected chi connectivity index (χ4v) is 4.82. The number of hydrogen-bond donors (Lipinski definition) is 3. The second-order valence-corrected chi connectivity index (χ2v) is 8.11. The smallest absolute Gasteiger partial charge is 0.262 e. The molecular formula is C20H22N4O4. The van der Waals surface area contributed by atoms with Crippen molar-refractivity contribution in [3.05, 3.63) is 34.9 Å². The van der Waals surface area contributed by atoms with E-state index in [0.717, 1.165) is 36.3 Å². The fourth-order valence-electron chi connectivity index (χ4n) is 4.82. The molecule has 1 aliphatic carbocycles. The molecule has 2 saturated heterocycles. The Hall–Kier alpha value is -2.58. The summed E-state index contributed by atoms with van der Waals surface area (Å²) in [6.07, 6.45) is 3.60. The number of hydrogen-bond acceptors (Lipinski definition) is 6. The standard InChI is InChI=1S/C20H22N4O4/c25-15-6-5-13(17(26)23-15)24-18(27)12-4-1-3-11(16(12)19(24)28)10-22-20-7-2-8-21-14(20)9-20/h1,3-4,13-14,21-22H,2,5-10H2,(H,23,25,26)/t13?,14-,20-/m1/s1. The molecule has 1 aromatic carbocycles. The summed E-state index contributed by atoms with van der Waals surface area (Å²) in [6, 6.07) is 4.81. The van der Waals surface area contributed by atoms with Crippen molar-refractivity contribution in [1.29, 1.82) is 0 Å². The van der Waals surface area contributed by atoms with Crippen LogP contribution >= 0.6 is 0 Å². The molecule has 4 amide bonds. The third kappa shape index (κ3) is 2.59. The first kappa shape index (κ1) is 17.5. The second kappa shape index (κ2) is 6.22. The highest BCUT2D eigenvalue weighted by atomic mass is 16.2. The van der Waals surface area contributed by atoms with Crippen LogP contribution in [0.2, 0.25) is 0 Å². The molecule has 5 rings (SSSR count). The number of carbonyl (C=O) groups is 4. The van der Waals surface area contributed by atoms with Gasteiger partial charge in [0.1, 0.15) is 6.04 Å². The van der Waals surface area contributed by atoms with Crippen molar-refractivity contribution in [1.82, 2.24) is 20.9 Å². The van der Waals surface area contributed by atoms with Crippen LogP contribution in [0.15, 0.2) is 18.2 Å². The van der Waals surface area contributed by atoms with Gasteiger partial charge in [0.05, 0.1) is 11.1 Å². The summed E-state index contributed by atoms with van der Waals surface area (Å²) in [5.41, 5.74) is 1.58. The molecule has 1 unspecified atom stereocenters. The first-order valence-electron chi connectivity index (χ1n) is 9.82. The van der Waals surface area contributed by atoms with Crippen LogP contribution in [-0.4, -0.2) is 52.7 Å². The fraction of sp³-hybridized carbons (Fsp3) is 0.500. The van der Waals surface area contributed by atoms with Crippen LogP contribution in [0.4, 0.5) is 0 Å². The van der Waals surface area contributed by atoms with Crippen molar-refractivity contribution >= 4 is 23.6 Å². The molecule has 146 valence electrons. The van der Waals surface area contributed by atoms with E-state index in [9.17, 15) is 19.2 Å². The molecule has 0 spiro atoms. The van der Waals surface area contributed by atoms with Gasteiger partial charge in [-0.05, 0) is 43.9 Å². The van der Waals surface area contributed by atoms with Crippen LogP contribution in [0.25, 0.3) is 0 Å². The van der Waals surface area contributed by atoms with E-state index >= 15 is 0 Å². The maximum absolute atomic E-state index is 13.1. The van der Waals surface area contributed by atoms with Crippen LogP contribution in [0.5, 0.6) is 0 Å². The molecule has 0 bridgehead atoms. The number of fused-ring (bicyclic) bond motifs is 2. The largest absolute Gasteiger partial charge is 0.312 e. The van der Waals surface area contributed by atoms with Crippen LogP contribution in [0.3, 0.4) is 0 Å². The highest BCUT2D eigenvalue weighted by molar-refractivity contribution is 6.24. The third-order valence-corrected chi connectivity index (χ3v) is 6.45. The number of amides is 4. The zero-order valence-electron chi connectivity index (χ0n) is 15.4. The van der Waals surface area contributed by atoms with Crippen molar-refractivity contribution in [2.45, 2.75) is 56.3 Å². The average Bonchev–Trinajstić information content (AvgIpc) is 3.36. The van der Waals surface area contributed by atoms with Crippen molar-refractivity contribution in [2.24, 2.45) is 0 Å². The summed E-state index contributed by atoms with van der Waals surface area (Å²) in [6.45, 7) is 1.55. The Morgan fingerprint density at radius 3 is 2.82 bits per heavy atom. The zero-order valence-corrected chi connectivity index (χ0v) is 15.4. The Bertz CT molecular complexity index is 913. The minimum absolute atomic E-state index is 0.0932. The van der Waals surface area contributed by atoms with Gasteiger partial charge in [-0.15, -0.1) is 0 Å². The van der Waals surface area contributed by atoms with Crippen molar-refractivity contribution in [2.75, 3.05) is 6.54 Å². The summed E-state index contributed by atoms with van der Waals surface area (Å²) in [5, 5.41) is 9.31. The number of nitrogens with one attached hydrogen (secondary N) is 3. The Labute approximate surface area is 162 Å². The Balaban J connectivity index is 1.39. The predicted octanol–water partition coefficient (Wildman–Crippen LogP) is 0.0719. The van der Waals surface area contributed by atoms with Gasteiger partial charge >= 0.3 is 0 Å². The monoisotopic (exact) mass is 382 g/mol. The number of carbonyl (C=O) groups excluding carboxylic acids is 4. The molecule has 4 aliphatic rings. The predicted molar refractivity (Wildman–Crippen MR) is 98.3 cm³/mol. The van der Waals surface area contributed by atoms with E-state index in [0.29, 0.717) is 23.7 Å². The second-order valence-electron chi connectivity index (χ2n) is 8.11. The van der Waals surface area contributed by atoms with E-state index < -0.39 is 23.8 Å². The molecular weight excluding hydrogens is 360 g/mol. The van der Waals surface area contributed by atoms with Crippen molar-refractivity contribution < 1.29 is 19.2 Å². The number of rotatable bonds is 4. The van der Waals surface area contributed by atoms with Gasteiger partial charge in [-0.25, -0.2) is 0 Å². The average molecular weight is 382 g/mol. The Kier molecular flexibility index (Phi) is 3.89. The van der Waals surface area contributed by atoms with Gasteiger partial charge in [-0.3, -0.25) is 29.4 Å². The molecule has 28 heavy (non-hydrogen) atoms. The third-order valence-electron chi connectivity index (χ3n) is 6.45. The molecule has 3 atom stereocenters. The maximum Gasteiger partial charge on any atom is 0.262 e. The van der Waals surface area contributed by atoms with E-state index in [1.807, 2.05) is 6.07 Å². The Morgan fingerprint density at radius 2 is 2.04 bits per heavy atom. The molecule has 1 saturated carbocycles. The minimum Gasteiger partial charge on any atom is -0.312 e. The van der Waals surface area contributed by atoms with Gasteiger partial charge in [0.2, 0.25) is 11.8 Å². The lowest BCUT2D eigenvalue weighted by Gasteiger charge is -2.28. The number of nitrogens with zero attached hydrogens (tertiary/aromatic N) is 1. The quantitative estimate of drug-likeness (QED) is 0.637. The number of benzene rings is 1. The highest BCUT2D eigenvalue weighted by Gasteiger charge is 2.55. The van der Waals surface area contributed by atoms with E-state index in [2.05, 4.69) is 16.0 Å². The van der Waals surface area contributed by atoms with Crippen molar-refractivity contribution in [3.63, 3.8) is 0 Å². The lowest BCUT2D eigenvalue weighted by molar-refractivity contribution is -0.136. The zero-order chi connectivity index (χ0) is 19.5. The SMILES string of the molecule is O=C1CCC(N2C(=O)c3cccc(CN[C@@]45CCCN[C@@H]4C5)c3C2=O)C(=O)N1. The molecule has 8 nitrogen and oxygen atoms in total. The van der Waals surface area contributed by atoms with Crippen LogP contribution < -0.4 is 16.0 Å². The summed E-state index contributed by atoms with van der Waals surface area (Å²) in [5.74, 6) is -1.86. The first-order valence-corrected chi connectivity index (χ1v) is 9.82. The first-order chi connectivity index (χ1) is 13.5. The molecule has 3 aliphatic heterocycles. The van der Waals surface area contributed by atoms with Crippen LogP contribution in [0, 0.1) is 0 Å². The van der Waals surface area contributed by atoms with Gasteiger partial charge in [0, 0.05) is 24.5 Å². The summed E-state index contributed by atoms with van der Waals surface area (Å²) in [7, 11) is 0. The van der Waals surface area contributed by atoms with E-state index in [-0.39, 0.29) is 24.3 Å². The molecule has 0 aromatic heterocycles. The molecule has 0 radical (unpaired) electrons. The van der Waals surface area contributed by atoms with Crippen LogP contribution in [0.1, 0.15) is 58.4 Å². The van der Waals surface area contributed by atoms with E-state index in [1.165, 1.54) is 0 Å². The maximum atomic E-state index is 13.1. The van der Waals surface area contributed by atoms with E-state index in [4.69, 9.17) is 0 Å². The van der Waals surface area contributed by atoms with Crippen LogP contribution in [-0.2, 0) is 16.1 Å². The van der Waals surface area contributed by atoms with Gasteiger partial charge in [-0.2, -0.15) is 0 Å². The van der Waals surface area contributed by atoms with Crippen molar-refractivity contribution in [3.8, 4) is 0 Å². The lowest BCUT2D eigenvalue weighted by Crippen LogP contribution is -2.54. The minimum atomic E-state index is -0.931. The van der Waals surface area contributed by atoms with Gasteiger partial charge in [-0.1, -0.05) is 12.1 Å². The van der Waals surface area contributed by atoms with E-state index in [1.54, 1.807) is 12.1 Å². The Morgan fingerprint density at radius 1 is 1.18 bits per heavy atom. The molecule has 3 fully saturated rings. The summed E-state index contributed by atoms with van der Waals surface area (Å²) < 4.78 is 0. The molecule has 1 aromatic rings. The topological polar surface area (TPSA) is 108 Å². The molecule has 3 N–H and O–H groups in total. The normalized spacial score (nSPS) is 31.5. The summed E-state index contributed by atoms with van der Waals surface area (Å²) in [4.78, 5) is 50.6. The van der Waals surface area contributed by atoms with Gasteiger partial charge < -0.3 is 10.6 Å². The molecule has 8 heteroatoms. The number of imide groups is 2. The summed E-state index contributed by atoms with van der Waals surface area (Å²) >= 11 is 0.